The summed E-state index contributed by atoms with van der Waals surface area (Å²) in [5, 5.41) is 9.11. The maximum absolute atomic E-state index is 12.2. The summed E-state index contributed by atoms with van der Waals surface area (Å²) < 4.78 is 5.20. The quantitative estimate of drug-likeness (QED) is 0.504. The Bertz CT molecular complexity index is 962. The SMILES string of the molecule is COc1ccc(Cl)cc1NC(=O)Nc1nc(-c2cc(Cl)ccc2Cl)cs1. The van der Waals surface area contributed by atoms with Crippen LogP contribution in [0.1, 0.15) is 0 Å². The van der Waals surface area contributed by atoms with Crippen molar-refractivity contribution in [3.63, 3.8) is 0 Å². The number of hydrogen-bond acceptors (Lipinski definition) is 4. The fourth-order valence-electron chi connectivity index (χ4n) is 2.18. The Morgan fingerprint density at radius 2 is 1.81 bits per heavy atom. The number of rotatable bonds is 4. The van der Waals surface area contributed by atoms with Gasteiger partial charge in [0.1, 0.15) is 5.75 Å². The molecule has 0 saturated carbocycles. The average Bonchev–Trinajstić information content (AvgIpc) is 3.05. The van der Waals surface area contributed by atoms with Crippen molar-refractivity contribution in [3.8, 4) is 17.0 Å². The number of benzene rings is 2. The van der Waals surface area contributed by atoms with Gasteiger partial charge in [0.15, 0.2) is 5.13 Å². The van der Waals surface area contributed by atoms with Crippen molar-refractivity contribution in [1.29, 1.82) is 0 Å². The van der Waals surface area contributed by atoms with Crippen LogP contribution in [-0.2, 0) is 0 Å². The van der Waals surface area contributed by atoms with Crippen LogP contribution < -0.4 is 15.4 Å². The van der Waals surface area contributed by atoms with Crippen molar-refractivity contribution < 1.29 is 9.53 Å². The lowest BCUT2D eigenvalue weighted by Crippen LogP contribution is -2.19. The molecule has 0 aliphatic heterocycles. The van der Waals surface area contributed by atoms with Crippen LogP contribution >= 0.6 is 46.1 Å². The van der Waals surface area contributed by atoms with Crippen LogP contribution in [0.2, 0.25) is 15.1 Å². The fraction of sp³-hybridized carbons (Fsp3) is 0.0588. The lowest BCUT2D eigenvalue weighted by atomic mass is 10.2. The van der Waals surface area contributed by atoms with E-state index in [1.165, 1.54) is 18.4 Å². The molecular formula is C17H12Cl3N3O2S. The minimum absolute atomic E-state index is 0.412. The number of amides is 2. The topological polar surface area (TPSA) is 63.2 Å². The van der Waals surface area contributed by atoms with Crippen LogP contribution in [0.5, 0.6) is 5.75 Å². The first-order chi connectivity index (χ1) is 12.5. The molecule has 0 unspecified atom stereocenters. The summed E-state index contributed by atoms with van der Waals surface area (Å²) >= 11 is 19.4. The highest BCUT2D eigenvalue weighted by Gasteiger charge is 2.13. The van der Waals surface area contributed by atoms with Gasteiger partial charge in [-0.15, -0.1) is 11.3 Å². The maximum Gasteiger partial charge on any atom is 0.325 e. The Morgan fingerprint density at radius 1 is 1.08 bits per heavy atom. The summed E-state index contributed by atoms with van der Waals surface area (Å²) in [6.45, 7) is 0. The Hall–Kier alpha value is -1.99. The maximum atomic E-state index is 12.2. The van der Waals surface area contributed by atoms with E-state index < -0.39 is 6.03 Å². The molecule has 2 amide bonds. The molecule has 134 valence electrons. The first-order valence-corrected chi connectivity index (χ1v) is 9.30. The Kier molecular flexibility index (Phi) is 5.88. The fourth-order valence-corrected chi connectivity index (χ4v) is 3.44. The Morgan fingerprint density at radius 3 is 2.58 bits per heavy atom. The van der Waals surface area contributed by atoms with Crippen LogP contribution in [0.15, 0.2) is 41.8 Å². The normalized spacial score (nSPS) is 10.5. The number of ether oxygens (including phenoxy) is 1. The summed E-state index contributed by atoms with van der Waals surface area (Å²) in [6, 6.07) is 9.59. The first kappa shape index (κ1) is 18.8. The zero-order chi connectivity index (χ0) is 18.7. The number of nitrogens with one attached hydrogen (secondary N) is 2. The van der Waals surface area contributed by atoms with Crippen LogP contribution in [0, 0.1) is 0 Å². The summed E-state index contributed by atoms with van der Waals surface area (Å²) in [5.74, 6) is 0.495. The molecular weight excluding hydrogens is 417 g/mol. The Balaban J connectivity index is 1.74. The van der Waals surface area contributed by atoms with Gasteiger partial charge in [-0.25, -0.2) is 9.78 Å². The van der Waals surface area contributed by atoms with E-state index in [4.69, 9.17) is 39.5 Å². The highest BCUT2D eigenvalue weighted by molar-refractivity contribution is 7.14. The van der Waals surface area contributed by atoms with E-state index in [9.17, 15) is 4.79 Å². The van der Waals surface area contributed by atoms with Crippen LogP contribution in [0.25, 0.3) is 11.3 Å². The second-order valence-electron chi connectivity index (χ2n) is 5.09. The van der Waals surface area contributed by atoms with Crippen molar-refractivity contribution in [1.82, 2.24) is 4.98 Å². The minimum atomic E-state index is -0.469. The molecule has 0 fully saturated rings. The molecule has 2 N–H and O–H groups in total. The molecule has 0 bridgehead atoms. The zero-order valence-corrected chi connectivity index (χ0v) is 16.4. The number of methoxy groups -OCH3 is 1. The smallest absolute Gasteiger partial charge is 0.325 e. The number of anilines is 2. The molecule has 3 aromatic rings. The van der Waals surface area contributed by atoms with Gasteiger partial charge >= 0.3 is 6.03 Å². The standard InChI is InChI=1S/C17H12Cl3N3O2S/c1-25-15-5-3-10(19)7-13(15)21-16(24)23-17-22-14(8-26-17)11-6-9(18)2-4-12(11)20/h2-8H,1H3,(H2,21,22,23,24). The molecule has 3 rings (SSSR count). The van der Waals surface area contributed by atoms with Gasteiger partial charge in [0, 0.05) is 21.0 Å². The van der Waals surface area contributed by atoms with Crippen molar-refractivity contribution in [3.05, 3.63) is 56.8 Å². The van der Waals surface area contributed by atoms with E-state index in [-0.39, 0.29) is 0 Å². The number of aromatic nitrogens is 1. The van der Waals surface area contributed by atoms with Crippen LogP contribution in [0.3, 0.4) is 0 Å². The molecule has 26 heavy (non-hydrogen) atoms. The molecule has 0 saturated heterocycles. The Labute approximate surface area is 168 Å². The van der Waals surface area contributed by atoms with E-state index in [0.29, 0.717) is 42.9 Å². The summed E-state index contributed by atoms with van der Waals surface area (Å²) in [5.41, 5.74) is 1.77. The third-order valence-electron chi connectivity index (χ3n) is 3.34. The van der Waals surface area contributed by atoms with E-state index in [0.717, 1.165) is 0 Å². The molecule has 2 aromatic carbocycles. The average molecular weight is 429 g/mol. The summed E-state index contributed by atoms with van der Waals surface area (Å²) in [6.07, 6.45) is 0. The van der Waals surface area contributed by atoms with Gasteiger partial charge in [-0.1, -0.05) is 34.8 Å². The van der Waals surface area contributed by atoms with Crippen molar-refractivity contribution in [2.75, 3.05) is 17.7 Å². The van der Waals surface area contributed by atoms with E-state index in [1.54, 1.807) is 41.8 Å². The van der Waals surface area contributed by atoms with Crippen LogP contribution in [-0.4, -0.2) is 18.1 Å². The predicted molar refractivity (Wildman–Crippen MR) is 108 cm³/mol. The summed E-state index contributed by atoms with van der Waals surface area (Å²) in [7, 11) is 1.51. The van der Waals surface area contributed by atoms with E-state index in [1.807, 2.05) is 0 Å². The number of hydrogen-bond donors (Lipinski definition) is 2. The van der Waals surface area contributed by atoms with Crippen LogP contribution in [0.4, 0.5) is 15.6 Å². The van der Waals surface area contributed by atoms with Crippen molar-refractivity contribution >= 4 is 63.0 Å². The molecule has 1 aromatic heterocycles. The van der Waals surface area contributed by atoms with Crippen molar-refractivity contribution in [2.45, 2.75) is 0 Å². The highest BCUT2D eigenvalue weighted by atomic mass is 35.5. The second-order valence-corrected chi connectivity index (χ2v) is 7.22. The van der Waals surface area contributed by atoms with Crippen molar-refractivity contribution in [2.24, 2.45) is 0 Å². The molecule has 0 radical (unpaired) electrons. The predicted octanol–water partition coefficient (Wildman–Crippen LogP) is 6.42. The van der Waals surface area contributed by atoms with Gasteiger partial charge in [-0.05, 0) is 36.4 Å². The molecule has 0 aliphatic carbocycles. The molecule has 0 atom stereocenters. The van der Waals surface area contributed by atoms with Gasteiger partial charge in [-0.3, -0.25) is 5.32 Å². The number of thiazole rings is 1. The molecule has 0 aliphatic rings. The number of halogens is 3. The van der Waals surface area contributed by atoms with Gasteiger partial charge < -0.3 is 10.1 Å². The highest BCUT2D eigenvalue weighted by Crippen LogP contribution is 2.33. The number of carbonyl (C=O) groups excluding carboxylic acids is 1. The van der Waals surface area contributed by atoms with Gasteiger partial charge in [0.05, 0.1) is 23.5 Å². The number of nitrogens with zero attached hydrogens (tertiary/aromatic N) is 1. The first-order valence-electron chi connectivity index (χ1n) is 7.29. The monoisotopic (exact) mass is 427 g/mol. The zero-order valence-electron chi connectivity index (χ0n) is 13.3. The largest absolute Gasteiger partial charge is 0.495 e. The lowest BCUT2D eigenvalue weighted by molar-refractivity contribution is 0.262. The molecule has 9 heteroatoms. The van der Waals surface area contributed by atoms with Gasteiger partial charge in [0.25, 0.3) is 0 Å². The van der Waals surface area contributed by atoms with E-state index >= 15 is 0 Å². The number of urea groups is 1. The molecule has 5 nitrogen and oxygen atoms in total. The molecule has 0 spiro atoms. The third kappa shape index (κ3) is 4.40. The summed E-state index contributed by atoms with van der Waals surface area (Å²) in [4.78, 5) is 16.6. The van der Waals surface area contributed by atoms with Gasteiger partial charge in [0.2, 0.25) is 0 Å². The minimum Gasteiger partial charge on any atom is -0.495 e. The number of carbonyl (C=O) groups is 1. The third-order valence-corrected chi connectivity index (χ3v) is 4.90. The molecule has 1 heterocycles. The lowest BCUT2D eigenvalue weighted by Gasteiger charge is -2.10. The van der Waals surface area contributed by atoms with Gasteiger partial charge in [-0.2, -0.15) is 0 Å². The van der Waals surface area contributed by atoms with E-state index in [2.05, 4.69) is 15.6 Å². The second kappa shape index (κ2) is 8.14.